The van der Waals surface area contributed by atoms with Gasteiger partial charge in [0, 0.05) is 29.7 Å². The molecule has 16 heteroatoms. The molecule has 0 spiro atoms. The van der Waals surface area contributed by atoms with Crippen LogP contribution in [0.15, 0.2) is 75.2 Å². The molecule has 0 aliphatic carbocycles. The first-order valence-corrected chi connectivity index (χ1v) is 15.7. The molecule has 2 aromatic heterocycles. The largest absolute Gasteiger partial charge is 0.381 e. The number of hydrogen-bond acceptors (Lipinski definition) is 12. The van der Waals surface area contributed by atoms with Crippen molar-refractivity contribution in [3.63, 3.8) is 0 Å². The number of anilines is 2. The molecule has 13 nitrogen and oxygen atoms in total. The van der Waals surface area contributed by atoms with Gasteiger partial charge in [-0.2, -0.15) is 5.48 Å². The van der Waals surface area contributed by atoms with Crippen molar-refractivity contribution in [2.75, 3.05) is 16.6 Å². The average Bonchev–Trinajstić information content (AvgIpc) is 3.68. The van der Waals surface area contributed by atoms with Gasteiger partial charge in [0.05, 0.1) is 16.6 Å². The maximum Gasteiger partial charge on any atom is 0.262 e. The molecule has 2 aromatic carbocycles. The van der Waals surface area contributed by atoms with Crippen molar-refractivity contribution in [3.05, 3.63) is 75.8 Å². The molecular weight excluding hydrogens is 601 g/mol. The van der Waals surface area contributed by atoms with Crippen molar-refractivity contribution in [3.8, 4) is 11.3 Å². The first kappa shape index (κ1) is 30.7. The van der Waals surface area contributed by atoms with Crippen molar-refractivity contribution in [2.45, 2.75) is 30.3 Å². The number of aromatic nitrogens is 2. The number of sulfonamides is 1. The van der Waals surface area contributed by atoms with Gasteiger partial charge in [0.15, 0.2) is 5.96 Å². The van der Waals surface area contributed by atoms with Crippen LogP contribution in [0.1, 0.15) is 28.1 Å². The molecule has 0 radical (unpaired) electrons. The van der Waals surface area contributed by atoms with Gasteiger partial charge in [-0.1, -0.05) is 34.8 Å². The predicted molar refractivity (Wildman–Crippen MR) is 162 cm³/mol. The number of nitrogens with one attached hydrogen (secondary N) is 3. The number of carbonyl (C=O) groups excluding carboxylic acids is 2. The normalized spacial score (nSPS) is 11.9. The molecular formula is C26H28N8O5S3. The Kier molecular flexibility index (Phi) is 10.3. The third kappa shape index (κ3) is 7.95. The van der Waals surface area contributed by atoms with E-state index in [4.69, 9.17) is 11.5 Å². The van der Waals surface area contributed by atoms with Gasteiger partial charge in [0.1, 0.15) is 10.6 Å². The number of hydroxylamine groups is 1. The minimum Gasteiger partial charge on any atom is -0.381 e. The van der Waals surface area contributed by atoms with Crippen LogP contribution in [0.5, 0.6) is 0 Å². The van der Waals surface area contributed by atoms with Crippen LogP contribution in [0, 0.1) is 0 Å². The second-order valence-electron chi connectivity index (χ2n) is 8.96. The van der Waals surface area contributed by atoms with E-state index in [0.717, 1.165) is 28.2 Å². The summed E-state index contributed by atoms with van der Waals surface area (Å²) in [6, 6.07) is 14.2. The van der Waals surface area contributed by atoms with Crippen LogP contribution in [-0.4, -0.2) is 53.3 Å². The lowest BCUT2D eigenvalue weighted by atomic mass is 10.0. The molecule has 42 heavy (non-hydrogen) atoms. The summed E-state index contributed by atoms with van der Waals surface area (Å²) < 4.78 is 32.7. The van der Waals surface area contributed by atoms with Crippen LogP contribution in [0.2, 0.25) is 0 Å². The van der Waals surface area contributed by atoms with E-state index in [9.17, 15) is 23.2 Å². The number of thiophene rings is 1. The van der Waals surface area contributed by atoms with Gasteiger partial charge >= 0.3 is 0 Å². The van der Waals surface area contributed by atoms with Crippen LogP contribution < -0.4 is 27.0 Å². The summed E-state index contributed by atoms with van der Waals surface area (Å²) in [5.74, 6) is -1.98. The highest BCUT2D eigenvalue weighted by Gasteiger charge is 2.29. The van der Waals surface area contributed by atoms with E-state index in [1.54, 1.807) is 12.1 Å². The lowest BCUT2D eigenvalue weighted by Gasteiger charge is -2.13. The second-order valence-corrected chi connectivity index (χ2v) is 12.2. The van der Waals surface area contributed by atoms with E-state index in [0.29, 0.717) is 18.7 Å². The molecule has 2 heterocycles. The molecule has 0 saturated carbocycles. The third-order valence-electron chi connectivity index (χ3n) is 6.01. The fourth-order valence-corrected chi connectivity index (χ4v) is 6.30. The summed E-state index contributed by atoms with van der Waals surface area (Å²) in [5, 5.41) is 20.0. The van der Waals surface area contributed by atoms with Crippen molar-refractivity contribution >= 4 is 61.8 Å². The van der Waals surface area contributed by atoms with Gasteiger partial charge in [-0.3, -0.25) is 19.3 Å². The molecule has 220 valence electrons. The Morgan fingerprint density at radius 3 is 2.57 bits per heavy atom. The second kappa shape index (κ2) is 14.1. The average molecular weight is 629 g/mol. The number of nitrogens with zero attached hydrogens (tertiary/aromatic N) is 3. The van der Waals surface area contributed by atoms with Crippen LogP contribution in [0.25, 0.3) is 11.3 Å². The molecule has 0 fully saturated rings. The maximum absolute atomic E-state index is 13.2. The number of benzene rings is 2. The Morgan fingerprint density at radius 2 is 1.88 bits per heavy atom. The third-order valence-corrected chi connectivity index (χ3v) is 8.79. The Balaban J connectivity index is 1.40. The minimum absolute atomic E-state index is 0.0376. The molecule has 0 aliphatic heterocycles. The maximum atomic E-state index is 13.2. The molecule has 1 atom stereocenters. The van der Waals surface area contributed by atoms with Gasteiger partial charge < -0.3 is 22.0 Å². The Bertz CT molecular complexity index is 1650. The number of rotatable bonds is 15. The zero-order valence-corrected chi connectivity index (χ0v) is 24.5. The van der Waals surface area contributed by atoms with E-state index < -0.39 is 27.6 Å². The standard InChI is InChI=1S/C26H28N8O5S3/c27-26(28)29-11-2-5-20(32-37)23(35)24(36)25-21(10-12-40-25)33-42(38,39)19-4-1-3-18(13-19)30-14-16-6-8-17(9-7-16)22-15-41-34-31-22/h1,3-4,6-10,12-13,15,20,30,32-33,37H,2,5,11,14H2,(H4,27,28,29)/t20-/m0/s1. The molecule has 8 N–H and O–H groups in total. The first-order valence-electron chi connectivity index (χ1n) is 12.5. The number of nitrogens with two attached hydrogens (primary N) is 2. The Morgan fingerprint density at radius 1 is 1.10 bits per heavy atom. The van der Waals surface area contributed by atoms with Crippen LogP contribution in [0.4, 0.5) is 11.4 Å². The quantitative estimate of drug-likeness (QED) is 0.0281. The number of carbonyl (C=O) groups is 2. The topological polar surface area (TPSA) is 215 Å². The lowest BCUT2D eigenvalue weighted by Crippen LogP contribution is -2.39. The van der Waals surface area contributed by atoms with Gasteiger partial charge in [-0.15, -0.1) is 16.4 Å². The summed E-state index contributed by atoms with van der Waals surface area (Å²) in [5.41, 5.74) is 15.6. The predicted octanol–water partition coefficient (Wildman–Crippen LogP) is 2.83. The van der Waals surface area contributed by atoms with Crippen molar-refractivity contribution in [1.82, 2.24) is 15.1 Å². The van der Waals surface area contributed by atoms with Crippen LogP contribution >= 0.6 is 22.9 Å². The number of hydrogen-bond donors (Lipinski definition) is 6. The van der Waals surface area contributed by atoms with Crippen LogP contribution in [0.3, 0.4) is 0 Å². The monoisotopic (exact) mass is 628 g/mol. The molecule has 4 aromatic rings. The zero-order valence-electron chi connectivity index (χ0n) is 22.1. The summed E-state index contributed by atoms with van der Waals surface area (Å²) in [6.07, 6.45) is 0.399. The summed E-state index contributed by atoms with van der Waals surface area (Å²) >= 11 is 2.19. The van der Waals surface area contributed by atoms with Gasteiger partial charge in [-0.25, -0.2) is 8.42 Å². The first-order chi connectivity index (χ1) is 20.2. The summed E-state index contributed by atoms with van der Waals surface area (Å²) in [7, 11) is -4.11. The summed E-state index contributed by atoms with van der Waals surface area (Å²) in [4.78, 5) is 29.4. The zero-order chi connectivity index (χ0) is 30.1. The number of ketones is 2. The molecule has 0 amide bonds. The van der Waals surface area contributed by atoms with E-state index in [-0.39, 0.29) is 34.4 Å². The number of guanidine groups is 1. The van der Waals surface area contributed by atoms with Crippen molar-refractivity contribution in [2.24, 2.45) is 16.5 Å². The smallest absolute Gasteiger partial charge is 0.262 e. The highest BCUT2D eigenvalue weighted by atomic mass is 32.2. The van der Waals surface area contributed by atoms with Crippen LogP contribution in [-0.2, 0) is 21.4 Å². The van der Waals surface area contributed by atoms with E-state index in [1.807, 2.05) is 35.1 Å². The highest BCUT2D eigenvalue weighted by molar-refractivity contribution is 7.92. The number of Topliss-reactive ketones (excluding diaryl/α,β-unsaturated/α-hetero) is 2. The highest BCUT2D eigenvalue weighted by Crippen LogP contribution is 2.27. The number of aliphatic imine (C=N–C) groups is 1. The van der Waals surface area contributed by atoms with E-state index in [1.165, 1.54) is 35.1 Å². The minimum atomic E-state index is -4.11. The lowest BCUT2D eigenvalue weighted by molar-refractivity contribution is -0.119. The molecule has 0 saturated heterocycles. The Hall–Kier alpha value is -4.22. The fraction of sp³-hybridized carbons (Fsp3) is 0.192. The van der Waals surface area contributed by atoms with Crippen molar-refractivity contribution in [1.29, 1.82) is 0 Å². The molecule has 4 rings (SSSR count). The van der Waals surface area contributed by atoms with Gasteiger partial charge in [0.25, 0.3) is 10.0 Å². The fourth-order valence-electron chi connectivity index (χ4n) is 3.86. The molecule has 0 bridgehead atoms. The van der Waals surface area contributed by atoms with Gasteiger partial charge in [-0.05, 0) is 59.6 Å². The van der Waals surface area contributed by atoms with E-state index >= 15 is 0 Å². The molecule has 0 aliphatic rings. The SMILES string of the molecule is NC(N)=NCCC[C@H](NO)C(=O)C(=O)c1sccc1NS(=O)(=O)c1cccc(NCc2ccc(-c3csnn3)cc2)c1. The van der Waals surface area contributed by atoms with Gasteiger partial charge in [0.2, 0.25) is 11.6 Å². The molecule has 0 unspecified atom stereocenters. The van der Waals surface area contributed by atoms with E-state index in [2.05, 4.69) is 24.6 Å². The van der Waals surface area contributed by atoms with Crippen molar-refractivity contribution < 1.29 is 23.2 Å². The summed E-state index contributed by atoms with van der Waals surface area (Å²) in [6.45, 7) is 0.654. The Labute approximate surface area is 249 Å².